The quantitative estimate of drug-likeness (QED) is 0.583. The topological polar surface area (TPSA) is 61.8 Å². The molecule has 1 aromatic carbocycles. The Morgan fingerprint density at radius 2 is 1.38 bits per heavy atom. The maximum atomic E-state index is 13.7. The van der Waals surface area contributed by atoms with Gasteiger partial charge in [0.25, 0.3) is 5.56 Å². The Bertz CT molecular complexity index is 1190. The zero-order valence-corrected chi connectivity index (χ0v) is 19.1. The number of benzene rings is 1. The van der Waals surface area contributed by atoms with Crippen LogP contribution in [0.25, 0.3) is 22.6 Å². The number of fused-ring (bicyclic) bond motifs is 1. The van der Waals surface area contributed by atoms with Gasteiger partial charge >= 0.3 is 5.69 Å². The molecular weight excluding hydrogens is 400 g/mol. The smallest absolute Gasteiger partial charge is 0.321 e. The molecule has 2 aromatic heterocycles. The van der Waals surface area contributed by atoms with Gasteiger partial charge in [-0.05, 0) is 37.5 Å². The van der Waals surface area contributed by atoms with Crippen molar-refractivity contribution in [1.29, 1.82) is 0 Å². The van der Waals surface area contributed by atoms with Crippen molar-refractivity contribution < 1.29 is 0 Å². The van der Waals surface area contributed by atoms with Crippen LogP contribution >= 0.6 is 0 Å². The van der Waals surface area contributed by atoms with Gasteiger partial charge in [0.15, 0.2) is 11.2 Å². The molecule has 0 radical (unpaired) electrons. The Morgan fingerprint density at radius 1 is 0.812 bits per heavy atom. The Kier molecular flexibility index (Phi) is 6.03. The molecule has 0 bridgehead atoms. The van der Waals surface area contributed by atoms with Gasteiger partial charge in [0.05, 0.1) is 0 Å². The predicted octanol–water partition coefficient (Wildman–Crippen LogP) is 4.72. The lowest BCUT2D eigenvalue weighted by atomic mass is 9.89. The molecule has 6 nitrogen and oxygen atoms in total. The zero-order valence-electron chi connectivity index (χ0n) is 19.1. The summed E-state index contributed by atoms with van der Waals surface area (Å²) in [7, 11) is 1.90. The van der Waals surface area contributed by atoms with Crippen molar-refractivity contribution in [3.8, 4) is 11.4 Å². The van der Waals surface area contributed by atoms with Crippen molar-refractivity contribution in [2.45, 2.75) is 77.3 Å². The van der Waals surface area contributed by atoms with Gasteiger partial charge in [-0.2, -0.15) is 0 Å². The van der Waals surface area contributed by atoms with Crippen LogP contribution in [-0.2, 0) is 20.1 Å². The van der Waals surface area contributed by atoms with E-state index in [-0.39, 0.29) is 11.2 Å². The molecule has 2 aliphatic carbocycles. The first kappa shape index (κ1) is 21.2. The van der Waals surface area contributed by atoms with E-state index in [1.807, 2.05) is 46.5 Å². The molecule has 2 heterocycles. The van der Waals surface area contributed by atoms with E-state index in [0.717, 1.165) is 37.1 Å². The minimum Gasteiger partial charge on any atom is -0.321 e. The van der Waals surface area contributed by atoms with Gasteiger partial charge in [-0.3, -0.25) is 13.9 Å². The number of hydrogen-bond acceptors (Lipinski definition) is 3. The highest BCUT2D eigenvalue weighted by Gasteiger charge is 2.25. The summed E-state index contributed by atoms with van der Waals surface area (Å²) >= 11 is 0. The SMILES string of the molecule is Cn1c(-c2ccccc2)nc2c1c(=O)n(CC1CCCCC1)c(=O)n2CC1CCCCC1. The van der Waals surface area contributed by atoms with E-state index in [0.29, 0.717) is 36.1 Å². The van der Waals surface area contributed by atoms with E-state index in [9.17, 15) is 9.59 Å². The monoisotopic (exact) mass is 434 g/mol. The van der Waals surface area contributed by atoms with Gasteiger partial charge in [-0.25, -0.2) is 9.78 Å². The number of imidazole rings is 1. The van der Waals surface area contributed by atoms with E-state index in [2.05, 4.69) is 0 Å². The van der Waals surface area contributed by atoms with E-state index in [1.54, 1.807) is 0 Å². The molecule has 32 heavy (non-hydrogen) atoms. The molecule has 5 rings (SSSR count). The van der Waals surface area contributed by atoms with Crippen LogP contribution in [0, 0.1) is 11.8 Å². The third kappa shape index (κ3) is 3.96. The van der Waals surface area contributed by atoms with Crippen LogP contribution in [0.3, 0.4) is 0 Å². The third-order valence-electron chi connectivity index (χ3n) is 7.60. The average Bonchev–Trinajstić information content (AvgIpc) is 3.18. The second-order valence-corrected chi connectivity index (χ2v) is 9.85. The van der Waals surface area contributed by atoms with Crippen molar-refractivity contribution in [3.05, 3.63) is 51.2 Å². The van der Waals surface area contributed by atoms with Gasteiger partial charge in [0.1, 0.15) is 5.82 Å². The van der Waals surface area contributed by atoms with Crippen LogP contribution in [-0.4, -0.2) is 18.7 Å². The molecule has 0 unspecified atom stereocenters. The fraction of sp³-hybridized carbons (Fsp3) is 0.577. The van der Waals surface area contributed by atoms with Crippen LogP contribution in [0.1, 0.15) is 64.2 Å². The van der Waals surface area contributed by atoms with Crippen molar-refractivity contribution in [3.63, 3.8) is 0 Å². The summed E-state index contributed by atoms with van der Waals surface area (Å²) in [6.07, 6.45) is 11.9. The van der Waals surface area contributed by atoms with Crippen molar-refractivity contribution >= 4 is 11.2 Å². The third-order valence-corrected chi connectivity index (χ3v) is 7.60. The molecular formula is C26H34N4O2. The van der Waals surface area contributed by atoms with Gasteiger partial charge in [0, 0.05) is 25.7 Å². The number of rotatable bonds is 5. The predicted molar refractivity (Wildman–Crippen MR) is 128 cm³/mol. The Balaban J connectivity index is 1.67. The molecule has 0 saturated heterocycles. The molecule has 170 valence electrons. The fourth-order valence-corrected chi connectivity index (χ4v) is 5.79. The molecule has 2 fully saturated rings. The van der Waals surface area contributed by atoms with E-state index < -0.39 is 0 Å². The Morgan fingerprint density at radius 3 is 1.97 bits per heavy atom. The minimum atomic E-state index is -0.187. The molecule has 0 amide bonds. The minimum absolute atomic E-state index is 0.170. The molecule has 0 spiro atoms. The van der Waals surface area contributed by atoms with Gasteiger partial charge in [0.2, 0.25) is 0 Å². The molecule has 3 aromatic rings. The van der Waals surface area contributed by atoms with Crippen LogP contribution < -0.4 is 11.2 Å². The second kappa shape index (κ2) is 9.08. The van der Waals surface area contributed by atoms with E-state index >= 15 is 0 Å². The summed E-state index contributed by atoms with van der Waals surface area (Å²) in [5, 5.41) is 0. The van der Waals surface area contributed by atoms with Crippen LogP contribution in [0.5, 0.6) is 0 Å². The Hall–Kier alpha value is -2.63. The first-order chi connectivity index (χ1) is 15.6. The molecule has 0 atom stereocenters. The lowest BCUT2D eigenvalue weighted by Crippen LogP contribution is -2.43. The zero-order chi connectivity index (χ0) is 22.1. The molecule has 2 aliphatic rings. The summed E-state index contributed by atoms with van der Waals surface area (Å²) < 4.78 is 5.24. The first-order valence-electron chi connectivity index (χ1n) is 12.4. The normalized spacial score (nSPS) is 18.4. The average molecular weight is 435 g/mol. The van der Waals surface area contributed by atoms with Crippen LogP contribution in [0.4, 0.5) is 0 Å². The van der Waals surface area contributed by atoms with Crippen molar-refractivity contribution in [1.82, 2.24) is 18.7 Å². The lowest BCUT2D eigenvalue weighted by molar-refractivity contribution is 0.296. The molecule has 0 N–H and O–H groups in total. The highest BCUT2D eigenvalue weighted by Crippen LogP contribution is 2.28. The van der Waals surface area contributed by atoms with E-state index in [1.165, 1.54) is 43.1 Å². The molecule has 6 heteroatoms. The van der Waals surface area contributed by atoms with Crippen LogP contribution in [0.2, 0.25) is 0 Å². The summed E-state index contributed by atoms with van der Waals surface area (Å²) in [5.74, 6) is 1.63. The number of hydrogen-bond donors (Lipinski definition) is 0. The molecule has 2 saturated carbocycles. The summed E-state index contributed by atoms with van der Waals surface area (Å²) in [4.78, 5) is 32.2. The standard InChI is InChI=1S/C26H34N4O2/c1-28-22-24(27-23(28)21-15-9-4-10-16-21)29(17-19-11-5-2-6-12-19)26(32)30(25(22)31)18-20-13-7-3-8-14-20/h4,9-10,15-16,19-20H,2-3,5-8,11-14,17-18H2,1H3. The highest BCUT2D eigenvalue weighted by molar-refractivity contribution is 5.76. The number of aromatic nitrogens is 4. The Labute approximate surface area is 188 Å². The van der Waals surface area contributed by atoms with Crippen LogP contribution in [0.15, 0.2) is 39.9 Å². The summed E-state index contributed by atoms with van der Waals surface area (Å²) in [6.45, 7) is 1.19. The van der Waals surface area contributed by atoms with Gasteiger partial charge in [-0.15, -0.1) is 0 Å². The van der Waals surface area contributed by atoms with Gasteiger partial charge < -0.3 is 4.57 Å². The fourth-order valence-electron chi connectivity index (χ4n) is 5.79. The van der Waals surface area contributed by atoms with Crippen molar-refractivity contribution in [2.75, 3.05) is 0 Å². The number of nitrogens with zero attached hydrogens (tertiary/aromatic N) is 4. The lowest BCUT2D eigenvalue weighted by Gasteiger charge is -2.24. The summed E-state index contributed by atoms with van der Waals surface area (Å²) in [6, 6.07) is 9.94. The first-order valence-corrected chi connectivity index (χ1v) is 12.4. The second-order valence-electron chi connectivity index (χ2n) is 9.85. The number of aryl methyl sites for hydroxylation is 1. The van der Waals surface area contributed by atoms with Crippen molar-refractivity contribution in [2.24, 2.45) is 18.9 Å². The summed E-state index contributed by atoms with van der Waals surface area (Å²) in [5.41, 5.74) is 1.70. The maximum absolute atomic E-state index is 13.7. The van der Waals surface area contributed by atoms with Gasteiger partial charge in [-0.1, -0.05) is 68.9 Å². The van der Waals surface area contributed by atoms with E-state index in [4.69, 9.17) is 4.98 Å². The highest BCUT2D eigenvalue weighted by atomic mass is 16.2. The largest absolute Gasteiger partial charge is 0.332 e. The molecule has 0 aliphatic heterocycles. The maximum Gasteiger partial charge on any atom is 0.332 e.